The van der Waals surface area contributed by atoms with E-state index < -0.39 is 11.6 Å². The first-order valence-corrected chi connectivity index (χ1v) is 4.96. The van der Waals surface area contributed by atoms with Crippen molar-refractivity contribution in [3.8, 4) is 0 Å². The second kappa shape index (κ2) is 5.66. The lowest BCUT2D eigenvalue weighted by Gasteiger charge is -2.19. The van der Waals surface area contributed by atoms with E-state index >= 15 is 0 Å². The van der Waals surface area contributed by atoms with Crippen molar-refractivity contribution in [3.05, 3.63) is 29.8 Å². The molecule has 0 aliphatic heterocycles. The molecule has 1 N–H and O–H groups in total. The van der Waals surface area contributed by atoms with Crippen molar-refractivity contribution in [2.24, 2.45) is 0 Å². The summed E-state index contributed by atoms with van der Waals surface area (Å²) >= 11 is 0. The lowest BCUT2D eigenvalue weighted by molar-refractivity contribution is 0.507. The number of nitrogens with one attached hydrogen (secondary N) is 1. The van der Waals surface area contributed by atoms with Gasteiger partial charge in [-0.25, -0.2) is 8.78 Å². The van der Waals surface area contributed by atoms with Crippen molar-refractivity contribution >= 4 is 5.69 Å². The molecule has 0 saturated heterocycles. The van der Waals surface area contributed by atoms with Crippen LogP contribution in [-0.4, -0.2) is 27.2 Å². The Morgan fingerprint density at radius 2 is 2.07 bits per heavy atom. The van der Waals surface area contributed by atoms with Crippen molar-refractivity contribution in [1.82, 2.24) is 5.32 Å². The molecule has 0 fully saturated rings. The van der Waals surface area contributed by atoms with Crippen LogP contribution < -0.4 is 10.2 Å². The number of nitrogens with zero attached hydrogens (tertiary/aromatic N) is 1. The SMILES string of the molecule is CNCCCN(C)c1cccc(F)c1F. The van der Waals surface area contributed by atoms with Gasteiger partial charge in [0.05, 0.1) is 5.69 Å². The zero-order valence-electron chi connectivity index (χ0n) is 9.06. The predicted molar refractivity (Wildman–Crippen MR) is 58.2 cm³/mol. The first kappa shape index (κ1) is 11.9. The van der Waals surface area contributed by atoms with Crippen LogP contribution in [0.2, 0.25) is 0 Å². The molecule has 1 aromatic rings. The fourth-order valence-corrected chi connectivity index (χ4v) is 1.40. The van der Waals surface area contributed by atoms with Crippen molar-refractivity contribution in [3.63, 3.8) is 0 Å². The monoisotopic (exact) mass is 214 g/mol. The standard InChI is InChI=1S/C11H16F2N2/c1-14-7-4-8-15(2)10-6-3-5-9(12)11(10)13/h3,5-6,14H,4,7-8H2,1-2H3. The van der Waals surface area contributed by atoms with Gasteiger partial charge in [0, 0.05) is 13.6 Å². The third-order valence-electron chi connectivity index (χ3n) is 2.26. The van der Waals surface area contributed by atoms with Crippen molar-refractivity contribution in [2.45, 2.75) is 6.42 Å². The Labute approximate surface area is 88.9 Å². The topological polar surface area (TPSA) is 15.3 Å². The van der Waals surface area contributed by atoms with Crippen LogP contribution in [0.25, 0.3) is 0 Å². The molecular formula is C11H16F2N2. The maximum atomic E-state index is 13.3. The van der Waals surface area contributed by atoms with Gasteiger partial charge in [-0.15, -0.1) is 0 Å². The van der Waals surface area contributed by atoms with Gasteiger partial charge in [0.15, 0.2) is 11.6 Å². The molecule has 0 atom stereocenters. The van der Waals surface area contributed by atoms with Gasteiger partial charge < -0.3 is 10.2 Å². The summed E-state index contributed by atoms with van der Waals surface area (Å²) in [6, 6.07) is 4.22. The van der Waals surface area contributed by atoms with Crippen LogP contribution in [0.15, 0.2) is 18.2 Å². The van der Waals surface area contributed by atoms with Crippen LogP contribution in [0.1, 0.15) is 6.42 Å². The molecule has 0 spiro atoms. The summed E-state index contributed by atoms with van der Waals surface area (Å²) in [5, 5.41) is 3.01. The van der Waals surface area contributed by atoms with Crippen molar-refractivity contribution in [1.29, 1.82) is 0 Å². The average molecular weight is 214 g/mol. The van der Waals surface area contributed by atoms with Crippen LogP contribution in [0.5, 0.6) is 0 Å². The Balaban J connectivity index is 2.65. The van der Waals surface area contributed by atoms with E-state index in [1.165, 1.54) is 6.07 Å². The highest BCUT2D eigenvalue weighted by Crippen LogP contribution is 2.20. The molecule has 15 heavy (non-hydrogen) atoms. The number of hydrogen-bond acceptors (Lipinski definition) is 2. The normalized spacial score (nSPS) is 10.4. The zero-order valence-corrected chi connectivity index (χ0v) is 9.06. The third-order valence-corrected chi connectivity index (χ3v) is 2.26. The van der Waals surface area contributed by atoms with Gasteiger partial charge in [-0.3, -0.25) is 0 Å². The van der Waals surface area contributed by atoms with Crippen molar-refractivity contribution < 1.29 is 8.78 Å². The van der Waals surface area contributed by atoms with Gasteiger partial charge in [-0.05, 0) is 32.1 Å². The lowest BCUT2D eigenvalue weighted by atomic mass is 10.2. The van der Waals surface area contributed by atoms with Gasteiger partial charge in [-0.2, -0.15) is 0 Å². The molecular weight excluding hydrogens is 198 g/mol. The predicted octanol–water partition coefficient (Wildman–Crippen LogP) is 2.01. The van der Waals surface area contributed by atoms with E-state index in [2.05, 4.69) is 5.32 Å². The molecule has 1 rings (SSSR count). The first-order valence-electron chi connectivity index (χ1n) is 4.96. The minimum atomic E-state index is -0.798. The maximum Gasteiger partial charge on any atom is 0.182 e. The molecule has 1 aromatic carbocycles. The van der Waals surface area contributed by atoms with E-state index in [0.717, 1.165) is 19.0 Å². The summed E-state index contributed by atoms with van der Waals surface area (Å²) in [4.78, 5) is 1.72. The van der Waals surface area contributed by atoms with Gasteiger partial charge in [-0.1, -0.05) is 6.07 Å². The number of hydrogen-bond donors (Lipinski definition) is 1. The van der Waals surface area contributed by atoms with Crippen LogP contribution >= 0.6 is 0 Å². The summed E-state index contributed by atoms with van der Waals surface area (Å²) in [5.74, 6) is -1.57. The fourth-order valence-electron chi connectivity index (χ4n) is 1.40. The zero-order chi connectivity index (χ0) is 11.3. The summed E-state index contributed by atoms with van der Waals surface area (Å²) in [7, 11) is 3.62. The molecule has 0 aliphatic carbocycles. The highest BCUT2D eigenvalue weighted by atomic mass is 19.2. The maximum absolute atomic E-state index is 13.3. The smallest absolute Gasteiger partial charge is 0.182 e. The Bertz CT molecular complexity index is 315. The van der Waals surface area contributed by atoms with Crippen LogP contribution in [0.4, 0.5) is 14.5 Å². The number of benzene rings is 1. The molecule has 0 unspecified atom stereocenters. The second-order valence-electron chi connectivity index (χ2n) is 3.45. The van der Waals surface area contributed by atoms with Gasteiger partial charge in [0.2, 0.25) is 0 Å². The minimum Gasteiger partial charge on any atom is -0.372 e. The van der Waals surface area contributed by atoms with E-state index in [1.54, 1.807) is 18.0 Å². The molecule has 0 bridgehead atoms. The summed E-state index contributed by atoms with van der Waals surface area (Å²) in [6.07, 6.45) is 0.892. The number of rotatable bonds is 5. The third kappa shape index (κ3) is 3.16. The summed E-state index contributed by atoms with van der Waals surface area (Å²) in [5.41, 5.74) is 0.311. The molecule has 0 aliphatic rings. The van der Waals surface area contributed by atoms with E-state index in [4.69, 9.17) is 0 Å². The molecule has 0 heterocycles. The van der Waals surface area contributed by atoms with Crippen molar-refractivity contribution in [2.75, 3.05) is 32.1 Å². The Hall–Kier alpha value is -1.16. The molecule has 0 aromatic heterocycles. The summed E-state index contributed by atoms with van der Waals surface area (Å²) in [6.45, 7) is 1.56. The largest absolute Gasteiger partial charge is 0.372 e. The number of halogens is 2. The second-order valence-corrected chi connectivity index (χ2v) is 3.45. The van der Waals surface area contributed by atoms with Gasteiger partial charge in [0.1, 0.15) is 0 Å². The van der Waals surface area contributed by atoms with Crippen LogP contribution in [0.3, 0.4) is 0 Å². The van der Waals surface area contributed by atoms with E-state index in [-0.39, 0.29) is 0 Å². The van der Waals surface area contributed by atoms with Gasteiger partial charge >= 0.3 is 0 Å². The molecule has 0 saturated carbocycles. The average Bonchev–Trinajstić information content (AvgIpc) is 2.22. The van der Waals surface area contributed by atoms with E-state index in [1.807, 2.05) is 7.05 Å². The Kier molecular flexibility index (Phi) is 4.49. The fraction of sp³-hybridized carbons (Fsp3) is 0.455. The summed E-state index contributed by atoms with van der Waals surface area (Å²) < 4.78 is 26.2. The quantitative estimate of drug-likeness (QED) is 0.754. The highest BCUT2D eigenvalue weighted by molar-refractivity contribution is 5.47. The van der Waals surface area contributed by atoms with Crippen LogP contribution in [0, 0.1) is 11.6 Å². The minimum absolute atomic E-state index is 0.311. The molecule has 0 radical (unpaired) electrons. The Morgan fingerprint density at radius 3 is 2.73 bits per heavy atom. The highest BCUT2D eigenvalue weighted by Gasteiger charge is 2.10. The first-order chi connectivity index (χ1) is 7.16. The van der Waals surface area contributed by atoms with Crippen LogP contribution in [-0.2, 0) is 0 Å². The molecule has 0 amide bonds. The molecule has 2 nitrogen and oxygen atoms in total. The van der Waals surface area contributed by atoms with Gasteiger partial charge in [0.25, 0.3) is 0 Å². The molecule has 84 valence electrons. The van der Waals surface area contributed by atoms with E-state index in [0.29, 0.717) is 12.2 Å². The Morgan fingerprint density at radius 1 is 1.33 bits per heavy atom. The molecule has 4 heteroatoms. The lowest BCUT2D eigenvalue weighted by Crippen LogP contribution is -2.23. The van der Waals surface area contributed by atoms with E-state index in [9.17, 15) is 8.78 Å². The number of anilines is 1.